The van der Waals surface area contributed by atoms with Crippen molar-refractivity contribution in [1.82, 2.24) is 9.62 Å². The van der Waals surface area contributed by atoms with Crippen LogP contribution in [0.4, 0.5) is 5.69 Å². The summed E-state index contributed by atoms with van der Waals surface area (Å²) in [5.41, 5.74) is 8.85. The zero-order chi connectivity index (χ0) is 20.4. The van der Waals surface area contributed by atoms with Crippen molar-refractivity contribution in [1.29, 1.82) is 0 Å². The lowest BCUT2D eigenvalue weighted by atomic mass is 9.91. The lowest BCUT2D eigenvalue weighted by Gasteiger charge is -2.41. The Morgan fingerprint density at radius 3 is 2.55 bits per heavy atom. The Hall–Kier alpha value is -2.19. The van der Waals surface area contributed by atoms with Crippen LogP contribution in [0.15, 0.2) is 70.9 Å². The Bertz CT molecular complexity index is 1060. The third kappa shape index (κ3) is 4.23. The van der Waals surface area contributed by atoms with Crippen LogP contribution in [0.25, 0.3) is 0 Å². The summed E-state index contributed by atoms with van der Waals surface area (Å²) in [4.78, 5) is 3.99. The number of benzene rings is 2. The molecule has 0 radical (unpaired) electrons. The summed E-state index contributed by atoms with van der Waals surface area (Å²) in [7, 11) is -3.56. The van der Waals surface area contributed by atoms with Crippen LogP contribution in [0.3, 0.4) is 0 Å². The lowest BCUT2D eigenvalue weighted by molar-refractivity contribution is 0.157. The van der Waals surface area contributed by atoms with E-state index in [1.165, 1.54) is 28.1 Å². The molecule has 1 aliphatic rings. The summed E-state index contributed by atoms with van der Waals surface area (Å²) in [6, 6.07) is 19.4. The molecule has 0 saturated heterocycles. The SMILES string of the molecule is C[C@@H]1Cc2ccsc2[C@H](c2ccccc2)N1CCNS(=O)(=O)c1ccc(N)cc1. The molecule has 0 fully saturated rings. The fourth-order valence-electron chi connectivity index (χ4n) is 3.96. The monoisotopic (exact) mass is 427 g/mol. The molecule has 2 atom stereocenters. The van der Waals surface area contributed by atoms with Gasteiger partial charge in [0.05, 0.1) is 10.9 Å². The quantitative estimate of drug-likeness (QED) is 0.589. The molecule has 2 heterocycles. The van der Waals surface area contributed by atoms with Crippen molar-refractivity contribution in [2.45, 2.75) is 30.3 Å². The third-order valence-electron chi connectivity index (χ3n) is 5.41. The van der Waals surface area contributed by atoms with E-state index in [1.54, 1.807) is 23.5 Å². The number of nitrogen functional groups attached to an aromatic ring is 1. The van der Waals surface area contributed by atoms with Gasteiger partial charge in [-0.25, -0.2) is 13.1 Å². The van der Waals surface area contributed by atoms with E-state index in [9.17, 15) is 8.42 Å². The molecule has 0 amide bonds. The van der Waals surface area contributed by atoms with E-state index in [2.05, 4.69) is 52.3 Å². The first-order valence-electron chi connectivity index (χ1n) is 9.68. The van der Waals surface area contributed by atoms with E-state index in [0.29, 0.717) is 24.8 Å². The Kier molecular flexibility index (Phi) is 5.74. The van der Waals surface area contributed by atoms with Crippen LogP contribution in [-0.4, -0.2) is 32.4 Å². The van der Waals surface area contributed by atoms with E-state index >= 15 is 0 Å². The molecule has 1 aliphatic heterocycles. The summed E-state index contributed by atoms with van der Waals surface area (Å²) >= 11 is 1.78. The van der Waals surface area contributed by atoms with Crippen LogP contribution in [0.1, 0.15) is 29.0 Å². The van der Waals surface area contributed by atoms with E-state index in [0.717, 1.165) is 6.42 Å². The highest BCUT2D eigenvalue weighted by Crippen LogP contribution is 2.40. The molecule has 5 nitrogen and oxygen atoms in total. The number of nitrogens with zero attached hydrogens (tertiary/aromatic N) is 1. The Morgan fingerprint density at radius 1 is 1.10 bits per heavy atom. The van der Waals surface area contributed by atoms with Gasteiger partial charge in [0.25, 0.3) is 0 Å². The smallest absolute Gasteiger partial charge is 0.240 e. The summed E-state index contributed by atoms with van der Waals surface area (Å²) < 4.78 is 28.0. The number of rotatable bonds is 6. The van der Waals surface area contributed by atoms with Crippen molar-refractivity contribution in [3.8, 4) is 0 Å². The second-order valence-corrected chi connectivity index (χ2v) is 10.1. The van der Waals surface area contributed by atoms with Crippen molar-refractivity contribution in [3.05, 3.63) is 82.0 Å². The van der Waals surface area contributed by atoms with Crippen molar-refractivity contribution in [2.75, 3.05) is 18.8 Å². The summed E-state index contributed by atoms with van der Waals surface area (Å²) in [6.07, 6.45) is 0.979. The van der Waals surface area contributed by atoms with Gasteiger partial charge < -0.3 is 5.73 Å². The molecule has 0 saturated carbocycles. The maximum atomic E-state index is 12.6. The predicted molar refractivity (Wildman–Crippen MR) is 119 cm³/mol. The number of hydrogen-bond acceptors (Lipinski definition) is 5. The Balaban J connectivity index is 1.53. The summed E-state index contributed by atoms with van der Waals surface area (Å²) in [5, 5.41) is 2.15. The van der Waals surface area contributed by atoms with Crippen molar-refractivity contribution in [2.24, 2.45) is 0 Å². The van der Waals surface area contributed by atoms with Crippen LogP contribution in [0.5, 0.6) is 0 Å². The number of hydrogen-bond donors (Lipinski definition) is 2. The Morgan fingerprint density at radius 2 is 1.83 bits per heavy atom. The molecule has 29 heavy (non-hydrogen) atoms. The number of anilines is 1. The van der Waals surface area contributed by atoms with Gasteiger partial charge in [-0.15, -0.1) is 11.3 Å². The predicted octanol–water partition coefficient (Wildman–Crippen LogP) is 3.64. The minimum Gasteiger partial charge on any atom is -0.399 e. The Labute approximate surface area is 176 Å². The van der Waals surface area contributed by atoms with Gasteiger partial charge >= 0.3 is 0 Å². The van der Waals surface area contributed by atoms with Gasteiger partial charge in [-0.2, -0.15) is 0 Å². The molecule has 1 aromatic heterocycles. The van der Waals surface area contributed by atoms with Gasteiger partial charge in [0.15, 0.2) is 0 Å². The number of nitrogens with two attached hydrogens (primary N) is 1. The fourth-order valence-corrected chi connectivity index (χ4v) is 6.07. The van der Waals surface area contributed by atoms with Gasteiger partial charge in [0, 0.05) is 29.7 Å². The number of nitrogens with one attached hydrogen (secondary N) is 1. The standard InChI is InChI=1S/C22H25N3O2S2/c1-16-15-18-11-14-28-22(18)21(17-5-3-2-4-6-17)25(16)13-12-24-29(26,27)20-9-7-19(23)8-10-20/h2-11,14,16,21,24H,12-13,15,23H2,1H3/t16-,21+/m1/s1. The zero-order valence-electron chi connectivity index (χ0n) is 16.3. The second-order valence-electron chi connectivity index (χ2n) is 7.38. The number of fused-ring (bicyclic) bond motifs is 1. The van der Waals surface area contributed by atoms with Gasteiger partial charge in [0.1, 0.15) is 0 Å². The molecular weight excluding hydrogens is 402 g/mol. The third-order valence-corrected chi connectivity index (χ3v) is 7.90. The lowest BCUT2D eigenvalue weighted by Crippen LogP contribution is -2.45. The number of thiophene rings is 1. The molecule has 4 rings (SSSR count). The van der Waals surface area contributed by atoms with E-state index in [4.69, 9.17) is 5.73 Å². The molecule has 0 aliphatic carbocycles. The minimum atomic E-state index is -3.56. The maximum absolute atomic E-state index is 12.6. The highest BCUT2D eigenvalue weighted by atomic mass is 32.2. The van der Waals surface area contributed by atoms with Crippen LogP contribution in [0.2, 0.25) is 0 Å². The van der Waals surface area contributed by atoms with Gasteiger partial charge in [-0.3, -0.25) is 4.90 Å². The topological polar surface area (TPSA) is 75.4 Å². The van der Waals surface area contributed by atoms with Crippen LogP contribution >= 0.6 is 11.3 Å². The van der Waals surface area contributed by atoms with Crippen LogP contribution in [0, 0.1) is 0 Å². The molecular formula is C22H25N3O2S2. The van der Waals surface area contributed by atoms with Gasteiger partial charge in [-0.1, -0.05) is 30.3 Å². The van der Waals surface area contributed by atoms with Crippen molar-refractivity contribution >= 4 is 27.0 Å². The molecule has 0 bridgehead atoms. The normalized spacial score (nSPS) is 19.8. The van der Waals surface area contributed by atoms with E-state index < -0.39 is 10.0 Å². The maximum Gasteiger partial charge on any atom is 0.240 e. The molecule has 7 heteroatoms. The van der Waals surface area contributed by atoms with Gasteiger partial charge in [0.2, 0.25) is 10.0 Å². The zero-order valence-corrected chi connectivity index (χ0v) is 17.9. The van der Waals surface area contributed by atoms with Gasteiger partial charge in [-0.05, 0) is 60.2 Å². The first-order valence-corrected chi connectivity index (χ1v) is 12.0. The van der Waals surface area contributed by atoms with E-state index in [1.807, 2.05) is 6.07 Å². The highest BCUT2D eigenvalue weighted by Gasteiger charge is 2.34. The first-order chi connectivity index (χ1) is 14.0. The molecule has 152 valence electrons. The molecule has 2 aromatic carbocycles. The first kappa shape index (κ1) is 20.1. The summed E-state index contributed by atoms with van der Waals surface area (Å²) in [6.45, 7) is 3.19. The average Bonchev–Trinajstić information content (AvgIpc) is 3.17. The molecule has 0 unspecified atom stereocenters. The van der Waals surface area contributed by atoms with Crippen LogP contribution in [-0.2, 0) is 16.4 Å². The van der Waals surface area contributed by atoms with Crippen LogP contribution < -0.4 is 10.5 Å². The molecule has 0 spiro atoms. The number of sulfonamides is 1. The largest absolute Gasteiger partial charge is 0.399 e. The molecule has 3 aromatic rings. The highest BCUT2D eigenvalue weighted by molar-refractivity contribution is 7.89. The minimum absolute atomic E-state index is 0.149. The van der Waals surface area contributed by atoms with E-state index in [-0.39, 0.29) is 10.9 Å². The molecule has 3 N–H and O–H groups in total. The average molecular weight is 428 g/mol. The second kappa shape index (κ2) is 8.28. The fraction of sp³-hybridized carbons (Fsp3) is 0.273. The van der Waals surface area contributed by atoms with Crippen molar-refractivity contribution < 1.29 is 8.42 Å². The summed E-state index contributed by atoms with van der Waals surface area (Å²) in [5.74, 6) is 0. The van der Waals surface area contributed by atoms with Crippen molar-refractivity contribution in [3.63, 3.8) is 0 Å².